The van der Waals surface area contributed by atoms with Crippen molar-refractivity contribution >= 4 is 5.78 Å². The Kier molecular flexibility index (Phi) is 3.29. The summed E-state index contributed by atoms with van der Waals surface area (Å²) in [5.41, 5.74) is 7.60. The van der Waals surface area contributed by atoms with E-state index in [1.54, 1.807) is 0 Å². The lowest BCUT2D eigenvalue weighted by Crippen LogP contribution is -2.33. The Morgan fingerprint density at radius 3 is 2.59 bits per heavy atom. The summed E-state index contributed by atoms with van der Waals surface area (Å²) < 4.78 is 5.65. The Balaban J connectivity index is 2.18. The SMILES string of the molecule is CC1(C)CC(=O)C2=C(C1)OC(N)=C(C#N)[C@H]2c1ccccc1. The van der Waals surface area contributed by atoms with E-state index in [4.69, 9.17) is 10.5 Å². The number of Topliss-reactive ketones (excluding diaryl/α,β-unsaturated/α-hetero) is 1. The van der Waals surface area contributed by atoms with Crippen LogP contribution in [-0.4, -0.2) is 5.78 Å². The zero-order chi connectivity index (χ0) is 15.9. The lowest BCUT2D eigenvalue weighted by atomic mass is 9.70. The molecule has 22 heavy (non-hydrogen) atoms. The number of hydrogen-bond acceptors (Lipinski definition) is 4. The van der Waals surface area contributed by atoms with Crippen LogP contribution in [0.4, 0.5) is 0 Å². The number of nitrogens with two attached hydrogens (primary N) is 1. The Bertz CT molecular complexity index is 736. The number of hydrogen-bond donors (Lipinski definition) is 1. The highest BCUT2D eigenvalue weighted by Crippen LogP contribution is 2.47. The minimum absolute atomic E-state index is 0.0420. The summed E-state index contributed by atoms with van der Waals surface area (Å²) >= 11 is 0. The van der Waals surface area contributed by atoms with Crippen molar-refractivity contribution in [2.24, 2.45) is 11.1 Å². The number of nitrogens with zero attached hydrogens (tertiary/aromatic N) is 1. The standard InChI is InChI=1S/C18H18N2O2/c1-18(2)8-13(21)16-14(9-18)22-17(20)12(10-19)15(16)11-6-4-3-5-7-11/h3-7,15H,8-9,20H2,1-2H3/t15-/m1/s1. The van der Waals surface area contributed by atoms with Crippen molar-refractivity contribution in [1.82, 2.24) is 0 Å². The van der Waals surface area contributed by atoms with Gasteiger partial charge in [0, 0.05) is 18.4 Å². The first kappa shape index (κ1) is 14.4. The lowest BCUT2D eigenvalue weighted by molar-refractivity contribution is -0.119. The molecule has 1 aromatic rings. The molecule has 0 saturated carbocycles. The van der Waals surface area contributed by atoms with Crippen molar-refractivity contribution in [3.05, 3.63) is 58.7 Å². The van der Waals surface area contributed by atoms with Crippen LogP contribution in [0.2, 0.25) is 0 Å². The summed E-state index contributed by atoms with van der Waals surface area (Å²) in [5.74, 6) is 0.353. The first-order valence-electron chi connectivity index (χ1n) is 7.32. The summed E-state index contributed by atoms with van der Waals surface area (Å²) in [4.78, 5) is 12.7. The maximum Gasteiger partial charge on any atom is 0.205 e. The number of nitriles is 1. The molecule has 1 aliphatic carbocycles. The Hall–Kier alpha value is -2.54. The molecule has 1 atom stereocenters. The van der Waals surface area contributed by atoms with Crippen LogP contribution in [0, 0.1) is 16.7 Å². The molecule has 112 valence electrons. The average molecular weight is 294 g/mol. The van der Waals surface area contributed by atoms with E-state index in [2.05, 4.69) is 6.07 Å². The Morgan fingerprint density at radius 2 is 1.95 bits per heavy atom. The van der Waals surface area contributed by atoms with E-state index in [1.807, 2.05) is 44.2 Å². The quantitative estimate of drug-likeness (QED) is 0.863. The molecule has 2 aliphatic rings. The van der Waals surface area contributed by atoms with E-state index in [1.165, 1.54) is 0 Å². The summed E-state index contributed by atoms with van der Waals surface area (Å²) in [7, 11) is 0. The predicted molar refractivity (Wildman–Crippen MR) is 82.1 cm³/mol. The number of benzene rings is 1. The monoisotopic (exact) mass is 294 g/mol. The van der Waals surface area contributed by atoms with Crippen LogP contribution < -0.4 is 5.73 Å². The van der Waals surface area contributed by atoms with E-state index in [-0.39, 0.29) is 17.1 Å². The van der Waals surface area contributed by atoms with Crippen molar-refractivity contribution in [1.29, 1.82) is 5.26 Å². The zero-order valence-electron chi connectivity index (χ0n) is 12.7. The molecule has 0 aromatic heterocycles. The van der Waals surface area contributed by atoms with Crippen LogP contribution in [0.25, 0.3) is 0 Å². The summed E-state index contributed by atoms with van der Waals surface area (Å²) in [5, 5.41) is 9.47. The number of carbonyl (C=O) groups excluding carboxylic acids is 1. The van der Waals surface area contributed by atoms with Gasteiger partial charge in [-0.15, -0.1) is 0 Å². The number of carbonyl (C=O) groups is 1. The van der Waals surface area contributed by atoms with Gasteiger partial charge in [0.15, 0.2) is 5.78 Å². The van der Waals surface area contributed by atoms with Gasteiger partial charge in [-0.1, -0.05) is 44.2 Å². The smallest absolute Gasteiger partial charge is 0.205 e. The minimum Gasteiger partial charge on any atom is -0.444 e. The highest BCUT2D eigenvalue weighted by Gasteiger charge is 2.42. The second-order valence-corrected chi connectivity index (χ2v) is 6.61. The van der Waals surface area contributed by atoms with E-state index in [0.717, 1.165) is 5.56 Å². The Morgan fingerprint density at radius 1 is 1.27 bits per heavy atom. The fourth-order valence-electron chi connectivity index (χ4n) is 3.26. The molecule has 0 saturated heterocycles. The first-order valence-corrected chi connectivity index (χ1v) is 7.32. The van der Waals surface area contributed by atoms with Crippen molar-refractivity contribution in [2.75, 3.05) is 0 Å². The fraction of sp³-hybridized carbons (Fsp3) is 0.333. The van der Waals surface area contributed by atoms with Gasteiger partial charge in [-0.2, -0.15) is 5.26 Å². The third-order valence-corrected chi connectivity index (χ3v) is 4.21. The molecule has 3 rings (SSSR count). The normalized spacial score (nSPS) is 23.7. The van der Waals surface area contributed by atoms with Crippen LogP contribution in [0.15, 0.2) is 53.1 Å². The molecule has 0 fully saturated rings. The molecule has 1 heterocycles. The van der Waals surface area contributed by atoms with E-state index in [9.17, 15) is 10.1 Å². The van der Waals surface area contributed by atoms with Gasteiger partial charge in [-0.3, -0.25) is 4.79 Å². The molecule has 1 aromatic carbocycles. The fourth-order valence-corrected chi connectivity index (χ4v) is 3.26. The van der Waals surface area contributed by atoms with Gasteiger partial charge < -0.3 is 10.5 Å². The molecule has 0 amide bonds. The van der Waals surface area contributed by atoms with Crippen LogP contribution in [0.1, 0.15) is 38.2 Å². The number of ether oxygens (including phenoxy) is 1. The summed E-state index contributed by atoms with van der Waals surface area (Å²) in [6.07, 6.45) is 1.11. The number of ketones is 1. The second-order valence-electron chi connectivity index (χ2n) is 6.61. The predicted octanol–water partition coefficient (Wildman–Crippen LogP) is 3.14. The zero-order valence-corrected chi connectivity index (χ0v) is 12.7. The van der Waals surface area contributed by atoms with Gasteiger partial charge in [-0.25, -0.2) is 0 Å². The van der Waals surface area contributed by atoms with Gasteiger partial charge in [-0.05, 0) is 11.0 Å². The maximum atomic E-state index is 12.7. The van der Waals surface area contributed by atoms with Crippen LogP contribution in [-0.2, 0) is 9.53 Å². The van der Waals surface area contributed by atoms with Crippen molar-refractivity contribution in [3.63, 3.8) is 0 Å². The number of rotatable bonds is 1. The van der Waals surface area contributed by atoms with Gasteiger partial charge in [0.05, 0.1) is 5.92 Å². The molecule has 4 nitrogen and oxygen atoms in total. The van der Waals surface area contributed by atoms with E-state index in [0.29, 0.717) is 29.7 Å². The molecule has 4 heteroatoms. The molecular weight excluding hydrogens is 276 g/mol. The van der Waals surface area contributed by atoms with Gasteiger partial charge >= 0.3 is 0 Å². The van der Waals surface area contributed by atoms with Gasteiger partial charge in [0.25, 0.3) is 0 Å². The average Bonchev–Trinajstić information content (AvgIpc) is 2.45. The van der Waals surface area contributed by atoms with Crippen LogP contribution in [0.5, 0.6) is 0 Å². The minimum atomic E-state index is -0.418. The molecule has 1 aliphatic heterocycles. The van der Waals surface area contributed by atoms with E-state index < -0.39 is 5.92 Å². The van der Waals surface area contributed by atoms with Crippen LogP contribution in [0.3, 0.4) is 0 Å². The Labute approximate surface area is 129 Å². The van der Waals surface area contributed by atoms with Crippen molar-refractivity contribution in [3.8, 4) is 6.07 Å². The molecule has 0 spiro atoms. The molecular formula is C18H18N2O2. The van der Waals surface area contributed by atoms with Crippen molar-refractivity contribution in [2.45, 2.75) is 32.6 Å². The van der Waals surface area contributed by atoms with E-state index >= 15 is 0 Å². The molecule has 0 radical (unpaired) electrons. The highest BCUT2D eigenvalue weighted by atomic mass is 16.5. The highest BCUT2D eigenvalue weighted by molar-refractivity contribution is 6.00. The second kappa shape index (κ2) is 5.03. The largest absolute Gasteiger partial charge is 0.444 e. The maximum absolute atomic E-state index is 12.7. The third kappa shape index (κ3) is 2.29. The molecule has 2 N–H and O–H groups in total. The van der Waals surface area contributed by atoms with Gasteiger partial charge in [0.1, 0.15) is 17.4 Å². The topological polar surface area (TPSA) is 76.1 Å². The molecule has 0 unspecified atom stereocenters. The summed E-state index contributed by atoms with van der Waals surface area (Å²) in [6, 6.07) is 11.6. The van der Waals surface area contributed by atoms with Crippen LogP contribution >= 0.6 is 0 Å². The number of allylic oxidation sites excluding steroid dienone is 3. The van der Waals surface area contributed by atoms with Gasteiger partial charge in [0.2, 0.25) is 5.88 Å². The lowest BCUT2D eigenvalue weighted by Gasteiger charge is -2.37. The van der Waals surface area contributed by atoms with Crippen molar-refractivity contribution < 1.29 is 9.53 Å². The first-order chi connectivity index (χ1) is 10.4. The third-order valence-electron chi connectivity index (χ3n) is 4.21. The molecule has 0 bridgehead atoms. The summed E-state index contributed by atoms with van der Waals surface area (Å²) in [6.45, 7) is 4.07.